The fourth-order valence-electron chi connectivity index (χ4n) is 3.36. The SMILES string of the molecule is CN(C)CCCNc1nc2c3c([nH]nc3n1)CCN2Cc1ccccc1. The molecule has 0 unspecified atom stereocenters. The number of nitrogens with zero attached hydrogens (tertiary/aromatic N) is 5. The summed E-state index contributed by atoms with van der Waals surface area (Å²) >= 11 is 0. The second-order valence-electron chi connectivity index (χ2n) is 7.01. The first-order valence-corrected chi connectivity index (χ1v) is 9.13. The van der Waals surface area contributed by atoms with Crippen molar-refractivity contribution in [2.75, 3.05) is 43.9 Å². The molecule has 0 atom stereocenters. The number of hydrogen-bond donors (Lipinski definition) is 2. The van der Waals surface area contributed by atoms with Crippen molar-refractivity contribution in [2.45, 2.75) is 19.4 Å². The van der Waals surface area contributed by atoms with Gasteiger partial charge in [0, 0.05) is 26.1 Å². The van der Waals surface area contributed by atoms with Gasteiger partial charge in [-0.1, -0.05) is 30.3 Å². The molecule has 7 heteroatoms. The molecule has 2 N–H and O–H groups in total. The van der Waals surface area contributed by atoms with Gasteiger partial charge in [-0.25, -0.2) is 0 Å². The molecule has 1 aromatic carbocycles. The number of aromatic nitrogens is 4. The Morgan fingerprint density at radius 2 is 2.04 bits per heavy atom. The molecule has 4 rings (SSSR count). The summed E-state index contributed by atoms with van der Waals surface area (Å²) in [5.41, 5.74) is 3.17. The summed E-state index contributed by atoms with van der Waals surface area (Å²) in [6, 6.07) is 10.5. The van der Waals surface area contributed by atoms with Gasteiger partial charge in [-0.3, -0.25) is 5.10 Å². The zero-order valence-electron chi connectivity index (χ0n) is 15.4. The molecule has 0 amide bonds. The lowest BCUT2D eigenvalue weighted by Gasteiger charge is -2.28. The normalized spacial score (nSPS) is 13.6. The number of anilines is 2. The molecule has 2 aromatic heterocycles. The summed E-state index contributed by atoms with van der Waals surface area (Å²) in [4.78, 5) is 13.9. The van der Waals surface area contributed by atoms with Gasteiger partial charge in [-0.15, -0.1) is 0 Å². The van der Waals surface area contributed by atoms with Crippen LogP contribution in [0.5, 0.6) is 0 Å². The maximum Gasteiger partial charge on any atom is 0.226 e. The average Bonchev–Trinajstić information content (AvgIpc) is 3.06. The smallest absolute Gasteiger partial charge is 0.226 e. The Bertz CT molecular complexity index is 872. The highest BCUT2D eigenvalue weighted by Crippen LogP contribution is 2.32. The van der Waals surface area contributed by atoms with Crippen LogP contribution in [-0.4, -0.2) is 58.8 Å². The molecule has 0 saturated carbocycles. The molecule has 3 heterocycles. The van der Waals surface area contributed by atoms with Crippen molar-refractivity contribution >= 4 is 22.8 Å². The molecule has 0 bridgehead atoms. The van der Waals surface area contributed by atoms with Gasteiger partial charge in [0.2, 0.25) is 5.95 Å². The molecule has 1 aliphatic rings. The van der Waals surface area contributed by atoms with Crippen molar-refractivity contribution in [2.24, 2.45) is 0 Å². The zero-order chi connectivity index (χ0) is 17.9. The molecule has 26 heavy (non-hydrogen) atoms. The number of hydrogen-bond acceptors (Lipinski definition) is 6. The molecule has 3 aromatic rings. The quantitative estimate of drug-likeness (QED) is 0.636. The first-order chi connectivity index (χ1) is 12.7. The Morgan fingerprint density at radius 1 is 1.19 bits per heavy atom. The lowest BCUT2D eigenvalue weighted by atomic mass is 10.1. The summed E-state index contributed by atoms with van der Waals surface area (Å²) in [7, 11) is 4.17. The van der Waals surface area contributed by atoms with E-state index >= 15 is 0 Å². The van der Waals surface area contributed by atoms with Gasteiger partial charge in [-0.05, 0) is 32.6 Å². The monoisotopic (exact) mass is 351 g/mol. The molecule has 0 spiro atoms. The van der Waals surface area contributed by atoms with Gasteiger partial charge in [0.05, 0.1) is 11.1 Å². The van der Waals surface area contributed by atoms with Crippen LogP contribution in [0.15, 0.2) is 30.3 Å². The van der Waals surface area contributed by atoms with Gasteiger partial charge in [0.1, 0.15) is 5.82 Å². The highest BCUT2D eigenvalue weighted by atomic mass is 15.3. The lowest BCUT2D eigenvalue weighted by Crippen LogP contribution is -2.29. The number of aromatic amines is 1. The van der Waals surface area contributed by atoms with Crippen LogP contribution in [0.4, 0.5) is 11.8 Å². The zero-order valence-corrected chi connectivity index (χ0v) is 15.4. The van der Waals surface area contributed by atoms with Crippen molar-refractivity contribution < 1.29 is 0 Å². The van der Waals surface area contributed by atoms with Crippen molar-refractivity contribution in [3.63, 3.8) is 0 Å². The Hall–Kier alpha value is -2.67. The Kier molecular flexibility index (Phi) is 4.71. The van der Waals surface area contributed by atoms with E-state index in [9.17, 15) is 0 Å². The minimum Gasteiger partial charge on any atom is -0.354 e. The third-order valence-electron chi connectivity index (χ3n) is 4.68. The third-order valence-corrected chi connectivity index (χ3v) is 4.68. The first-order valence-electron chi connectivity index (χ1n) is 9.13. The van der Waals surface area contributed by atoms with E-state index in [0.29, 0.717) is 5.95 Å². The van der Waals surface area contributed by atoms with Crippen LogP contribution in [0, 0.1) is 0 Å². The number of H-pyrrole nitrogens is 1. The van der Waals surface area contributed by atoms with Crippen molar-refractivity contribution in [1.82, 2.24) is 25.1 Å². The van der Waals surface area contributed by atoms with Crippen LogP contribution in [0.3, 0.4) is 0 Å². The van der Waals surface area contributed by atoms with E-state index in [0.717, 1.165) is 61.6 Å². The molecular formula is C19H25N7. The van der Waals surface area contributed by atoms with Crippen molar-refractivity contribution in [3.8, 4) is 0 Å². The molecule has 0 fully saturated rings. The van der Waals surface area contributed by atoms with Crippen molar-refractivity contribution in [3.05, 3.63) is 41.6 Å². The average molecular weight is 351 g/mol. The highest BCUT2D eigenvalue weighted by molar-refractivity contribution is 5.91. The van der Waals surface area contributed by atoms with Crippen LogP contribution >= 0.6 is 0 Å². The van der Waals surface area contributed by atoms with Crippen LogP contribution in [-0.2, 0) is 13.0 Å². The maximum atomic E-state index is 4.83. The topological polar surface area (TPSA) is 73.0 Å². The fourth-order valence-corrected chi connectivity index (χ4v) is 3.36. The molecule has 0 radical (unpaired) electrons. The molecule has 1 aliphatic heterocycles. The molecule has 0 aliphatic carbocycles. The fraction of sp³-hybridized carbons (Fsp3) is 0.421. The standard InChI is InChI=1S/C19H25N7/c1-25(2)11-6-10-20-19-21-17-16-15(23-24-17)9-12-26(18(16)22-19)13-14-7-4-3-5-8-14/h3-5,7-8H,6,9-13H2,1-2H3,(H2,20,21,22,23,24). The summed E-state index contributed by atoms with van der Waals surface area (Å²) in [6.07, 6.45) is 1.98. The van der Waals surface area contributed by atoms with E-state index in [2.05, 4.69) is 68.7 Å². The van der Waals surface area contributed by atoms with E-state index in [4.69, 9.17) is 4.98 Å². The van der Waals surface area contributed by atoms with Gasteiger partial charge >= 0.3 is 0 Å². The van der Waals surface area contributed by atoms with Gasteiger partial charge < -0.3 is 15.1 Å². The van der Waals surface area contributed by atoms with Crippen LogP contribution in [0.25, 0.3) is 11.0 Å². The van der Waals surface area contributed by atoms with E-state index in [1.54, 1.807) is 0 Å². The van der Waals surface area contributed by atoms with E-state index in [1.807, 2.05) is 6.07 Å². The first kappa shape index (κ1) is 16.8. The molecule has 7 nitrogen and oxygen atoms in total. The molecular weight excluding hydrogens is 326 g/mol. The maximum absolute atomic E-state index is 4.83. The third kappa shape index (κ3) is 3.48. The number of nitrogens with one attached hydrogen (secondary N) is 2. The van der Waals surface area contributed by atoms with Crippen LogP contribution in [0.2, 0.25) is 0 Å². The largest absolute Gasteiger partial charge is 0.354 e. The van der Waals surface area contributed by atoms with Gasteiger partial charge in [-0.2, -0.15) is 15.1 Å². The van der Waals surface area contributed by atoms with E-state index in [1.165, 1.54) is 5.56 Å². The predicted octanol–water partition coefficient (Wildman–Crippen LogP) is 2.28. The second-order valence-corrected chi connectivity index (χ2v) is 7.01. The van der Waals surface area contributed by atoms with Gasteiger partial charge in [0.15, 0.2) is 5.65 Å². The summed E-state index contributed by atoms with van der Waals surface area (Å²) in [5, 5.41) is 11.9. The predicted molar refractivity (Wildman–Crippen MR) is 105 cm³/mol. The van der Waals surface area contributed by atoms with Gasteiger partial charge in [0.25, 0.3) is 0 Å². The number of rotatable bonds is 7. The van der Waals surface area contributed by atoms with E-state index < -0.39 is 0 Å². The molecule has 136 valence electrons. The second kappa shape index (κ2) is 7.29. The van der Waals surface area contributed by atoms with Crippen LogP contribution < -0.4 is 10.2 Å². The lowest BCUT2D eigenvalue weighted by molar-refractivity contribution is 0.405. The summed E-state index contributed by atoms with van der Waals surface area (Å²) < 4.78 is 0. The Morgan fingerprint density at radius 3 is 2.85 bits per heavy atom. The Balaban J connectivity index is 1.58. The summed E-state index contributed by atoms with van der Waals surface area (Å²) in [6.45, 7) is 3.65. The highest BCUT2D eigenvalue weighted by Gasteiger charge is 2.24. The summed E-state index contributed by atoms with van der Waals surface area (Å²) in [5.74, 6) is 1.63. The minimum absolute atomic E-state index is 0.657. The van der Waals surface area contributed by atoms with Crippen LogP contribution in [0.1, 0.15) is 17.7 Å². The van der Waals surface area contributed by atoms with Crippen molar-refractivity contribution in [1.29, 1.82) is 0 Å². The number of benzene rings is 1. The minimum atomic E-state index is 0.657. The van der Waals surface area contributed by atoms with E-state index in [-0.39, 0.29) is 0 Å². The Labute approximate surface area is 153 Å². The molecule has 0 saturated heterocycles.